The molecule has 0 aromatic heterocycles. The highest BCUT2D eigenvalue weighted by Gasteiger charge is 2.06. The lowest BCUT2D eigenvalue weighted by Gasteiger charge is -2.00. The maximum Gasteiger partial charge on any atom is 0.337 e. The van der Waals surface area contributed by atoms with Crippen molar-refractivity contribution in [3.63, 3.8) is 0 Å². The summed E-state index contributed by atoms with van der Waals surface area (Å²) in [7, 11) is 0.252. The fourth-order valence-electron chi connectivity index (χ4n) is 0.920. The minimum atomic E-state index is -1.07. The highest BCUT2D eigenvalue weighted by atomic mass is 32.2. The number of methoxy groups -OCH3 is 1. The molecule has 0 unspecified atom stereocenters. The van der Waals surface area contributed by atoms with Gasteiger partial charge in [0.1, 0.15) is 0 Å². The van der Waals surface area contributed by atoms with Crippen LogP contribution in [0.2, 0.25) is 0 Å². The van der Waals surface area contributed by atoms with Crippen LogP contribution in [0, 0.1) is 0 Å². The number of hydrogen-bond acceptors (Lipinski definition) is 3. The molecule has 0 bridgehead atoms. The Balaban J connectivity index is 3.05. The van der Waals surface area contributed by atoms with E-state index in [0.29, 0.717) is 10.5 Å². The Bertz CT molecular complexity index is 346. The van der Waals surface area contributed by atoms with Crippen molar-refractivity contribution in [2.75, 3.05) is 13.4 Å². The third-order valence-electron chi connectivity index (χ3n) is 1.59. The summed E-state index contributed by atoms with van der Waals surface area (Å²) >= 11 is 0. The number of ether oxygens (including phenoxy) is 1. The molecule has 0 aliphatic heterocycles. The predicted octanol–water partition coefficient (Wildman–Crippen LogP) is 1.21. The lowest BCUT2D eigenvalue weighted by molar-refractivity contribution is 0.0600. The van der Waals surface area contributed by atoms with Gasteiger partial charge in [0.25, 0.3) is 0 Å². The van der Waals surface area contributed by atoms with Crippen LogP contribution in [0.5, 0.6) is 0 Å². The van der Waals surface area contributed by atoms with Crippen LogP contribution in [0.1, 0.15) is 10.4 Å². The molecule has 0 aliphatic carbocycles. The van der Waals surface area contributed by atoms with Crippen LogP contribution in [-0.4, -0.2) is 23.5 Å². The first-order chi connectivity index (χ1) is 6.15. The van der Waals surface area contributed by atoms with Crippen molar-refractivity contribution in [3.05, 3.63) is 29.8 Å². The zero-order valence-corrected chi connectivity index (χ0v) is 8.26. The van der Waals surface area contributed by atoms with E-state index in [1.165, 1.54) is 7.11 Å². The van der Waals surface area contributed by atoms with E-state index in [4.69, 9.17) is 0 Å². The van der Waals surface area contributed by atoms with Crippen molar-refractivity contribution in [2.24, 2.45) is 0 Å². The molecule has 0 fully saturated rings. The smallest absolute Gasteiger partial charge is 0.337 e. The van der Waals surface area contributed by atoms with Crippen LogP contribution < -0.4 is 0 Å². The summed E-state index contributed by atoms with van der Waals surface area (Å²) in [5.74, 6) is -0.410. The highest BCUT2D eigenvalue weighted by molar-refractivity contribution is 7.84. The summed E-state index contributed by atoms with van der Waals surface area (Å²) in [4.78, 5) is 11.7. The van der Waals surface area contributed by atoms with E-state index >= 15 is 0 Å². The zero-order chi connectivity index (χ0) is 9.84. The van der Waals surface area contributed by atoms with Crippen LogP contribution in [0.25, 0.3) is 0 Å². The fraction of sp³-hybridized carbons (Fsp3) is 0.222. The summed E-state index contributed by atoms with van der Waals surface area (Å²) < 4.78 is 15.6. The number of benzene rings is 1. The van der Waals surface area contributed by atoms with Crippen LogP contribution in [0.15, 0.2) is 29.2 Å². The summed E-state index contributed by atoms with van der Waals surface area (Å²) in [6.45, 7) is 0. The summed E-state index contributed by atoms with van der Waals surface area (Å²) in [5, 5.41) is 0. The maximum atomic E-state index is 11.1. The Morgan fingerprint density at radius 1 is 1.46 bits per heavy atom. The number of rotatable bonds is 2. The monoisotopic (exact) mass is 198 g/mol. The molecular formula is C9H10O3S. The topological polar surface area (TPSA) is 43.4 Å². The van der Waals surface area contributed by atoms with Crippen molar-refractivity contribution < 1.29 is 13.7 Å². The molecule has 1 aromatic rings. The molecule has 70 valence electrons. The van der Waals surface area contributed by atoms with Gasteiger partial charge in [-0.1, -0.05) is 6.07 Å². The Hall–Kier alpha value is -1.16. The average molecular weight is 198 g/mol. The first kappa shape index (κ1) is 9.92. The normalized spacial score (nSPS) is 12.2. The van der Waals surface area contributed by atoms with Gasteiger partial charge in [-0.25, -0.2) is 4.79 Å². The first-order valence-electron chi connectivity index (χ1n) is 3.67. The van der Waals surface area contributed by atoms with Crippen molar-refractivity contribution >= 4 is 16.8 Å². The second-order valence-electron chi connectivity index (χ2n) is 2.47. The number of carbonyl (C=O) groups is 1. The molecule has 0 saturated carbocycles. The van der Waals surface area contributed by atoms with Crippen LogP contribution >= 0.6 is 0 Å². The van der Waals surface area contributed by atoms with E-state index in [-0.39, 0.29) is 0 Å². The Morgan fingerprint density at radius 3 is 2.69 bits per heavy atom. The second-order valence-corrected chi connectivity index (χ2v) is 3.85. The Morgan fingerprint density at radius 2 is 2.15 bits per heavy atom. The van der Waals surface area contributed by atoms with Crippen molar-refractivity contribution in [1.82, 2.24) is 0 Å². The quantitative estimate of drug-likeness (QED) is 0.671. The first-order valence-corrected chi connectivity index (χ1v) is 5.22. The minimum absolute atomic E-state index is 0.410. The molecule has 0 heterocycles. The summed E-state index contributed by atoms with van der Waals surface area (Å²) in [5.41, 5.74) is 0.426. The second kappa shape index (κ2) is 4.18. The van der Waals surface area contributed by atoms with Gasteiger partial charge in [0.05, 0.1) is 12.7 Å². The molecule has 0 amide bonds. The molecule has 1 aromatic carbocycles. The summed E-state index contributed by atoms with van der Waals surface area (Å²) in [6.07, 6.45) is 1.57. The van der Waals surface area contributed by atoms with E-state index < -0.39 is 16.8 Å². The lowest BCUT2D eigenvalue weighted by atomic mass is 10.2. The molecule has 0 aliphatic rings. The lowest BCUT2D eigenvalue weighted by Crippen LogP contribution is -2.01. The van der Waals surface area contributed by atoms with Crippen LogP contribution in [0.3, 0.4) is 0 Å². The maximum absolute atomic E-state index is 11.1. The van der Waals surface area contributed by atoms with Crippen LogP contribution in [-0.2, 0) is 15.5 Å². The molecule has 0 spiro atoms. The van der Waals surface area contributed by atoms with E-state index in [1.807, 2.05) is 0 Å². The predicted molar refractivity (Wildman–Crippen MR) is 50.1 cm³/mol. The number of esters is 1. The number of hydrogen-bond donors (Lipinski definition) is 0. The zero-order valence-electron chi connectivity index (χ0n) is 7.44. The fourth-order valence-corrected chi connectivity index (χ4v) is 1.48. The Kier molecular flexibility index (Phi) is 3.19. The summed E-state index contributed by atoms with van der Waals surface area (Å²) in [6, 6.07) is 6.59. The molecule has 3 nitrogen and oxygen atoms in total. The van der Waals surface area contributed by atoms with Gasteiger partial charge >= 0.3 is 5.97 Å². The average Bonchev–Trinajstić information content (AvgIpc) is 2.17. The van der Waals surface area contributed by atoms with Gasteiger partial charge in [0.2, 0.25) is 0 Å². The van der Waals surface area contributed by atoms with Gasteiger partial charge in [0.15, 0.2) is 0 Å². The molecule has 1 atom stereocenters. The third kappa shape index (κ3) is 2.39. The van der Waals surface area contributed by atoms with Crippen molar-refractivity contribution in [1.29, 1.82) is 0 Å². The third-order valence-corrected chi connectivity index (χ3v) is 2.50. The molecule has 0 saturated heterocycles. The van der Waals surface area contributed by atoms with Gasteiger partial charge in [-0.05, 0) is 18.2 Å². The van der Waals surface area contributed by atoms with E-state index in [9.17, 15) is 9.00 Å². The minimum Gasteiger partial charge on any atom is -0.465 e. The van der Waals surface area contributed by atoms with Gasteiger partial charge in [-0.15, -0.1) is 0 Å². The SMILES string of the molecule is COC(=O)c1cccc([S@](C)=O)c1. The van der Waals surface area contributed by atoms with Gasteiger partial charge < -0.3 is 4.74 Å². The van der Waals surface area contributed by atoms with Gasteiger partial charge in [0, 0.05) is 22.0 Å². The molecule has 0 radical (unpaired) electrons. The van der Waals surface area contributed by atoms with Gasteiger partial charge in [-0.2, -0.15) is 0 Å². The van der Waals surface area contributed by atoms with Crippen molar-refractivity contribution in [2.45, 2.75) is 4.90 Å². The van der Waals surface area contributed by atoms with Gasteiger partial charge in [-0.3, -0.25) is 4.21 Å². The molecule has 0 N–H and O–H groups in total. The van der Waals surface area contributed by atoms with Crippen molar-refractivity contribution in [3.8, 4) is 0 Å². The van der Waals surface area contributed by atoms with Crippen LogP contribution in [0.4, 0.5) is 0 Å². The van der Waals surface area contributed by atoms with E-state index in [1.54, 1.807) is 30.5 Å². The standard InChI is InChI=1S/C9H10O3S/c1-12-9(10)7-4-3-5-8(6-7)13(2)11/h3-6H,1-2H3/t13-/m0/s1. The number of carbonyl (C=O) groups excluding carboxylic acids is 1. The largest absolute Gasteiger partial charge is 0.465 e. The molecule has 13 heavy (non-hydrogen) atoms. The molecule has 4 heteroatoms. The molecule has 1 rings (SSSR count). The molecular weight excluding hydrogens is 188 g/mol. The highest BCUT2D eigenvalue weighted by Crippen LogP contribution is 2.09. The van der Waals surface area contributed by atoms with E-state index in [0.717, 1.165) is 0 Å². The Labute approximate surface area is 79.2 Å². The van der Waals surface area contributed by atoms with E-state index in [2.05, 4.69) is 4.74 Å².